The number of amides is 1. The maximum atomic E-state index is 11.6. The van der Waals surface area contributed by atoms with Crippen molar-refractivity contribution in [1.29, 1.82) is 0 Å². The predicted molar refractivity (Wildman–Crippen MR) is 103 cm³/mol. The van der Waals surface area contributed by atoms with Gasteiger partial charge < -0.3 is 15.5 Å². The molecule has 7 heteroatoms. The fourth-order valence-electron chi connectivity index (χ4n) is 1.72. The molecule has 0 aliphatic heterocycles. The molecular weight excluding hydrogens is 415 g/mol. The smallest absolute Gasteiger partial charge is 0.243 e. The van der Waals surface area contributed by atoms with Crippen LogP contribution in [0.25, 0.3) is 0 Å². The quantitative estimate of drug-likeness (QED) is 0.422. The molecule has 0 aliphatic carbocycles. The zero-order chi connectivity index (χ0) is 15.8. The summed E-state index contributed by atoms with van der Waals surface area (Å²) in [5.41, 5.74) is 0.990. The van der Waals surface area contributed by atoms with Crippen molar-refractivity contribution in [3.05, 3.63) is 34.9 Å². The van der Waals surface area contributed by atoms with E-state index in [1.165, 1.54) is 4.90 Å². The topological polar surface area (TPSA) is 56.7 Å². The van der Waals surface area contributed by atoms with Gasteiger partial charge in [-0.3, -0.25) is 4.79 Å². The number of carbonyl (C=O) groups excluding carboxylic acids is 1. The summed E-state index contributed by atoms with van der Waals surface area (Å²) in [6.45, 7) is 4.81. The Morgan fingerprint density at radius 3 is 2.55 bits per heavy atom. The van der Waals surface area contributed by atoms with Gasteiger partial charge in [0.25, 0.3) is 0 Å². The molecule has 2 N–H and O–H groups in total. The first-order valence-electron chi connectivity index (χ1n) is 6.95. The summed E-state index contributed by atoms with van der Waals surface area (Å²) < 4.78 is 0. The normalized spacial score (nSPS) is 12.1. The van der Waals surface area contributed by atoms with E-state index in [0.717, 1.165) is 12.1 Å². The van der Waals surface area contributed by atoms with E-state index in [4.69, 9.17) is 11.6 Å². The van der Waals surface area contributed by atoms with E-state index >= 15 is 0 Å². The third kappa shape index (κ3) is 6.83. The summed E-state index contributed by atoms with van der Waals surface area (Å²) in [6, 6.07) is 7.65. The lowest BCUT2D eigenvalue weighted by atomic mass is 10.1. The summed E-state index contributed by atoms with van der Waals surface area (Å²) in [5.74, 6) is 0.553. The second kappa shape index (κ2) is 10.7. The van der Waals surface area contributed by atoms with Gasteiger partial charge in [0.05, 0.1) is 6.04 Å². The molecule has 0 aliphatic rings. The number of nitrogens with one attached hydrogen (secondary N) is 2. The zero-order valence-corrected chi connectivity index (χ0v) is 16.5. The van der Waals surface area contributed by atoms with E-state index in [9.17, 15) is 4.79 Å². The highest BCUT2D eigenvalue weighted by Gasteiger charge is 2.11. The van der Waals surface area contributed by atoms with Crippen LogP contribution in [0.1, 0.15) is 25.5 Å². The lowest BCUT2D eigenvalue weighted by molar-refractivity contribution is -0.127. The molecule has 124 valence electrons. The van der Waals surface area contributed by atoms with Gasteiger partial charge in [-0.2, -0.15) is 0 Å². The van der Waals surface area contributed by atoms with Crippen LogP contribution < -0.4 is 10.6 Å². The van der Waals surface area contributed by atoms with Gasteiger partial charge in [0.2, 0.25) is 5.91 Å². The number of guanidine groups is 1. The third-order valence-corrected chi connectivity index (χ3v) is 3.28. The molecule has 1 amide bonds. The van der Waals surface area contributed by atoms with Crippen molar-refractivity contribution >= 4 is 47.4 Å². The van der Waals surface area contributed by atoms with Crippen molar-refractivity contribution in [1.82, 2.24) is 15.5 Å². The molecule has 0 saturated heterocycles. The van der Waals surface area contributed by atoms with Crippen LogP contribution in [0.5, 0.6) is 0 Å². The number of nitrogens with zero attached hydrogens (tertiary/aromatic N) is 2. The molecule has 0 saturated carbocycles. The molecule has 5 nitrogen and oxygen atoms in total. The predicted octanol–water partition coefficient (Wildman–Crippen LogP) is 2.66. The second-order valence-corrected chi connectivity index (χ2v) is 5.28. The van der Waals surface area contributed by atoms with Gasteiger partial charge in [-0.1, -0.05) is 29.8 Å². The van der Waals surface area contributed by atoms with E-state index < -0.39 is 0 Å². The summed E-state index contributed by atoms with van der Waals surface area (Å²) in [4.78, 5) is 17.4. The van der Waals surface area contributed by atoms with Gasteiger partial charge in [-0.25, -0.2) is 4.99 Å². The number of likely N-dealkylation sites (N-methyl/N-ethyl adjacent to an activating group) is 1. The molecule has 22 heavy (non-hydrogen) atoms. The minimum Gasteiger partial charge on any atom is -0.357 e. The molecule has 0 fully saturated rings. The highest BCUT2D eigenvalue weighted by molar-refractivity contribution is 14.0. The molecule has 1 rings (SSSR count). The van der Waals surface area contributed by atoms with E-state index in [-0.39, 0.29) is 42.5 Å². The Morgan fingerprint density at radius 1 is 1.36 bits per heavy atom. The molecule has 1 aromatic carbocycles. The lowest BCUT2D eigenvalue weighted by Gasteiger charge is -2.19. The Kier molecular flexibility index (Phi) is 10.2. The zero-order valence-electron chi connectivity index (χ0n) is 13.4. The van der Waals surface area contributed by atoms with Crippen molar-refractivity contribution in [3.8, 4) is 0 Å². The van der Waals surface area contributed by atoms with Crippen molar-refractivity contribution in [2.24, 2.45) is 4.99 Å². The fourth-order valence-corrected chi connectivity index (χ4v) is 2.02. The third-order valence-electron chi connectivity index (χ3n) is 2.94. The minimum absolute atomic E-state index is 0. The Labute approximate surface area is 154 Å². The average molecular weight is 439 g/mol. The van der Waals surface area contributed by atoms with Gasteiger partial charge in [0.15, 0.2) is 5.96 Å². The van der Waals surface area contributed by atoms with E-state index in [0.29, 0.717) is 11.0 Å². The number of benzene rings is 1. The summed E-state index contributed by atoms with van der Waals surface area (Å²) in [5, 5.41) is 7.08. The van der Waals surface area contributed by atoms with Crippen LogP contribution in [-0.4, -0.2) is 44.0 Å². The Morgan fingerprint density at radius 2 is 2.00 bits per heavy atom. The van der Waals surface area contributed by atoms with Gasteiger partial charge in [0.1, 0.15) is 6.54 Å². The molecule has 0 bridgehead atoms. The van der Waals surface area contributed by atoms with Gasteiger partial charge >= 0.3 is 0 Å². The molecule has 0 spiro atoms. The average Bonchev–Trinajstić information content (AvgIpc) is 2.44. The number of hydrogen-bond acceptors (Lipinski definition) is 2. The van der Waals surface area contributed by atoms with Crippen molar-refractivity contribution in [3.63, 3.8) is 0 Å². The highest BCUT2D eigenvalue weighted by Crippen LogP contribution is 2.21. The number of carbonyl (C=O) groups is 1. The molecule has 0 aromatic heterocycles. The van der Waals surface area contributed by atoms with Gasteiger partial charge in [0, 0.05) is 25.7 Å². The highest BCUT2D eigenvalue weighted by atomic mass is 127. The molecule has 1 atom stereocenters. The van der Waals surface area contributed by atoms with E-state index in [2.05, 4.69) is 15.6 Å². The van der Waals surface area contributed by atoms with Gasteiger partial charge in [-0.15, -0.1) is 24.0 Å². The standard InChI is InChI=1S/C15H23ClN4O.HI/c1-5-17-15(18-10-14(21)20(3)4)19-11(2)12-8-6-7-9-13(12)16;/h6-9,11H,5,10H2,1-4H3,(H2,17,18,19);1H. The van der Waals surface area contributed by atoms with Crippen LogP contribution in [0, 0.1) is 0 Å². The number of hydrogen-bond donors (Lipinski definition) is 2. The van der Waals surface area contributed by atoms with Crippen LogP contribution in [0.4, 0.5) is 0 Å². The maximum Gasteiger partial charge on any atom is 0.243 e. The second-order valence-electron chi connectivity index (χ2n) is 4.87. The maximum absolute atomic E-state index is 11.6. The van der Waals surface area contributed by atoms with Crippen LogP contribution in [-0.2, 0) is 4.79 Å². The van der Waals surface area contributed by atoms with E-state index in [1.807, 2.05) is 38.1 Å². The fraction of sp³-hybridized carbons (Fsp3) is 0.467. The summed E-state index contributed by atoms with van der Waals surface area (Å²) in [6.07, 6.45) is 0. The van der Waals surface area contributed by atoms with Crippen molar-refractivity contribution in [2.45, 2.75) is 19.9 Å². The van der Waals surface area contributed by atoms with Crippen molar-refractivity contribution < 1.29 is 4.79 Å². The first-order chi connectivity index (χ1) is 9.95. The van der Waals surface area contributed by atoms with Crippen LogP contribution >= 0.6 is 35.6 Å². The molecule has 1 aromatic rings. The monoisotopic (exact) mass is 438 g/mol. The Bertz CT molecular complexity index is 508. The number of rotatable bonds is 5. The van der Waals surface area contributed by atoms with Gasteiger partial charge in [-0.05, 0) is 25.5 Å². The molecule has 0 radical (unpaired) electrons. The van der Waals surface area contributed by atoms with Crippen LogP contribution in [0.15, 0.2) is 29.3 Å². The first kappa shape index (κ1) is 21.0. The van der Waals surface area contributed by atoms with Crippen LogP contribution in [0.2, 0.25) is 5.02 Å². The summed E-state index contributed by atoms with van der Waals surface area (Å²) >= 11 is 6.19. The largest absolute Gasteiger partial charge is 0.357 e. The minimum atomic E-state index is -0.0439. The Balaban J connectivity index is 0.00000441. The lowest BCUT2D eigenvalue weighted by Crippen LogP contribution is -2.39. The number of halogens is 2. The molecular formula is C15H24ClIN4O. The molecule has 1 unspecified atom stereocenters. The number of aliphatic imine (C=N–C) groups is 1. The van der Waals surface area contributed by atoms with E-state index in [1.54, 1.807) is 14.1 Å². The SMILES string of the molecule is CCNC(=NCC(=O)N(C)C)NC(C)c1ccccc1Cl.I. The first-order valence-corrected chi connectivity index (χ1v) is 7.33. The van der Waals surface area contributed by atoms with Crippen molar-refractivity contribution in [2.75, 3.05) is 27.2 Å². The summed E-state index contributed by atoms with van der Waals surface area (Å²) in [7, 11) is 3.43. The van der Waals surface area contributed by atoms with Crippen LogP contribution in [0.3, 0.4) is 0 Å². The molecule has 0 heterocycles. The Hall–Kier alpha value is -1.02.